The number of fused-ring (bicyclic) bond motifs is 1. The number of benzene rings is 2. The molecule has 0 bridgehead atoms. The van der Waals surface area contributed by atoms with Crippen molar-refractivity contribution in [2.75, 3.05) is 57.3 Å². The molecule has 2 aromatic rings. The van der Waals surface area contributed by atoms with Crippen LogP contribution in [0.15, 0.2) is 48.5 Å². The maximum atomic E-state index is 13.1. The first-order chi connectivity index (χ1) is 17.7. The van der Waals surface area contributed by atoms with Crippen LogP contribution in [0, 0.1) is 0 Å². The minimum atomic E-state index is 0.0568. The average molecular weight is 491 g/mol. The molecule has 0 saturated carbocycles. The first kappa shape index (κ1) is 24.8. The number of nitrogens with zero attached hydrogens (tertiary/aromatic N) is 3. The summed E-state index contributed by atoms with van der Waals surface area (Å²) in [4.78, 5) is 32.3. The molecule has 3 aliphatic heterocycles. The van der Waals surface area contributed by atoms with Crippen LogP contribution in [0.3, 0.4) is 0 Å². The van der Waals surface area contributed by atoms with Crippen LogP contribution in [-0.2, 0) is 11.2 Å². The van der Waals surface area contributed by atoms with E-state index in [4.69, 9.17) is 4.74 Å². The predicted octanol–water partition coefficient (Wildman–Crippen LogP) is 3.33. The number of rotatable bonds is 8. The number of likely N-dealkylation sites (tertiary alicyclic amines) is 1. The topological polar surface area (TPSA) is 65.1 Å². The van der Waals surface area contributed by atoms with E-state index in [9.17, 15) is 9.59 Å². The molecule has 7 heteroatoms. The van der Waals surface area contributed by atoms with E-state index in [0.717, 1.165) is 76.3 Å². The number of piperazine rings is 1. The van der Waals surface area contributed by atoms with E-state index in [1.807, 2.05) is 46.2 Å². The van der Waals surface area contributed by atoms with Gasteiger partial charge in [-0.05, 0) is 74.5 Å². The fraction of sp³-hybridized carbons (Fsp3) is 0.517. The summed E-state index contributed by atoms with van der Waals surface area (Å²) in [5.74, 6) is 1.08. The highest BCUT2D eigenvalue weighted by atomic mass is 16.5. The van der Waals surface area contributed by atoms with Gasteiger partial charge in [-0.25, -0.2) is 0 Å². The Morgan fingerprint density at radius 1 is 0.917 bits per heavy atom. The third-order valence-corrected chi connectivity index (χ3v) is 7.69. The third-order valence-electron chi connectivity index (χ3n) is 7.69. The van der Waals surface area contributed by atoms with E-state index in [2.05, 4.69) is 22.3 Å². The zero-order chi connectivity index (χ0) is 24.7. The number of ether oxygens (including phenoxy) is 1. The maximum Gasteiger partial charge on any atom is 0.253 e. The van der Waals surface area contributed by atoms with Crippen LogP contribution in [-0.4, -0.2) is 80.1 Å². The molecule has 3 aliphatic rings. The van der Waals surface area contributed by atoms with Crippen molar-refractivity contribution in [3.63, 3.8) is 0 Å². The fourth-order valence-electron chi connectivity index (χ4n) is 5.62. The number of carbonyl (C=O) groups is 2. The van der Waals surface area contributed by atoms with E-state index in [-0.39, 0.29) is 17.9 Å². The normalized spacial score (nSPS) is 19.3. The molecule has 1 N–H and O–H groups in total. The van der Waals surface area contributed by atoms with Crippen LogP contribution in [0.25, 0.3) is 0 Å². The molecule has 192 valence electrons. The highest BCUT2D eigenvalue weighted by Gasteiger charge is 2.33. The van der Waals surface area contributed by atoms with Crippen LogP contribution < -0.4 is 15.0 Å². The van der Waals surface area contributed by atoms with Crippen LogP contribution in [0.2, 0.25) is 0 Å². The Morgan fingerprint density at radius 3 is 2.44 bits per heavy atom. The number of unbranched alkanes of at least 4 members (excludes halogenated alkanes) is 1. The van der Waals surface area contributed by atoms with Crippen LogP contribution >= 0.6 is 0 Å². The molecule has 0 unspecified atom stereocenters. The first-order valence-corrected chi connectivity index (χ1v) is 13.5. The number of amides is 2. The highest BCUT2D eigenvalue weighted by Crippen LogP contribution is 2.32. The van der Waals surface area contributed by atoms with Gasteiger partial charge in [-0.1, -0.05) is 18.2 Å². The van der Waals surface area contributed by atoms with Gasteiger partial charge in [0.15, 0.2) is 0 Å². The molecule has 0 radical (unpaired) electrons. The number of hydrogen-bond acceptors (Lipinski definition) is 5. The van der Waals surface area contributed by atoms with Crippen LogP contribution in [0.5, 0.6) is 5.75 Å². The smallest absolute Gasteiger partial charge is 0.253 e. The second-order valence-corrected chi connectivity index (χ2v) is 10.1. The van der Waals surface area contributed by atoms with Crippen LogP contribution in [0.4, 0.5) is 5.69 Å². The van der Waals surface area contributed by atoms with Crippen molar-refractivity contribution in [3.8, 4) is 5.75 Å². The summed E-state index contributed by atoms with van der Waals surface area (Å²) < 4.78 is 5.90. The van der Waals surface area contributed by atoms with Gasteiger partial charge in [0.25, 0.3) is 5.91 Å². The average Bonchev–Trinajstić information content (AvgIpc) is 2.93. The summed E-state index contributed by atoms with van der Waals surface area (Å²) in [6.45, 7) is 7.62. The summed E-state index contributed by atoms with van der Waals surface area (Å²) in [5.41, 5.74) is 2.99. The van der Waals surface area contributed by atoms with Gasteiger partial charge < -0.3 is 24.8 Å². The summed E-state index contributed by atoms with van der Waals surface area (Å²) in [7, 11) is 0. The lowest BCUT2D eigenvalue weighted by Crippen LogP contribution is -2.50. The second kappa shape index (κ2) is 11.9. The Labute approximate surface area is 214 Å². The van der Waals surface area contributed by atoms with Gasteiger partial charge in [0.1, 0.15) is 5.75 Å². The molecular formula is C29H38N4O3. The van der Waals surface area contributed by atoms with Gasteiger partial charge in [-0.2, -0.15) is 0 Å². The summed E-state index contributed by atoms with van der Waals surface area (Å²) >= 11 is 0. The van der Waals surface area contributed by atoms with Gasteiger partial charge in [0, 0.05) is 63.0 Å². The Hall–Kier alpha value is -2.90. The van der Waals surface area contributed by atoms with Gasteiger partial charge in [-0.15, -0.1) is 0 Å². The Balaban J connectivity index is 1.07. The number of anilines is 1. The van der Waals surface area contributed by atoms with Crippen molar-refractivity contribution in [3.05, 3.63) is 59.7 Å². The number of hydrogen-bond donors (Lipinski definition) is 1. The zero-order valence-corrected chi connectivity index (χ0v) is 21.2. The molecule has 36 heavy (non-hydrogen) atoms. The molecule has 0 atom stereocenters. The minimum absolute atomic E-state index is 0.0568. The SMILES string of the molecule is O=C(c1ccc(OCCCCN2CCNCC2)cc1)N1CCC(N2C(=O)CCc3ccccc32)CC1. The molecule has 0 aliphatic carbocycles. The van der Waals surface area contributed by atoms with Crippen molar-refractivity contribution >= 4 is 17.5 Å². The highest BCUT2D eigenvalue weighted by molar-refractivity contribution is 5.97. The van der Waals surface area contributed by atoms with Crippen molar-refractivity contribution in [1.29, 1.82) is 0 Å². The molecule has 2 saturated heterocycles. The molecule has 0 aromatic heterocycles. The molecular weight excluding hydrogens is 452 g/mol. The molecule has 5 rings (SSSR count). The lowest BCUT2D eigenvalue weighted by molar-refractivity contribution is -0.119. The number of piperidine rings is 1. The first-order valence-electron chi connectivity index (χ1n) is 13.5. The predicted molar refractivity (Wildman–Crippen MR) is 142 cm³/mol. The Bertz CT molecular complexity index is 1030. The van der Waals surface area contributed by atoms with Crippen molar-refractivity contribution in [2.45, 2.75) is 44.6 Å². The second-order valence-electron chi connectivity index (χ2n) is 10.1. The van der Waals surface area contributed by atoms with E-state index in [1.54, 1.807) is 0 Å². The van der Waals surface area contributed by atoms with Gasteiger partial charge in [0.05, 0.1) is 6.61 Å². The maximum absolute atomic E-state index is 13.1. The lowest BCUT2D eigenvalue weighted by Gasteiger charge is -2.41. The van der Waals surface area contributed by atoms with Gasteiger partial charge >= 0.3 is 0 Å². The van der Waals surface area contributed by atoms with Gasteiger partial charge in [0.2, 0.25) is 5.91 Å². The van der Waals surface area contributed by atoms with Crippen molar-refractivity contribution < 1.29 is 14.3 Å². The number of nitrogens with one attached hydrogen (secondary N) is 1. The number of carbonyl (C=O) groups excluding carboxylic acids is 2. The zero-order valence-electron chi connectivity index (χ0n) is 21.2. The quantitative estimate of drug-likeness (QED) is 0.575. The molecule has 2 amide bonds. The summed E-state index contributed by atoms with van der Waals surface area (Å²) in [5, 5.41) is 3.38. The molecule has 7 nitrogen and oxygen atoms in total. The van der Waals surface area contributed by atoms with E-state index in [0.29, 0.717) is 31.7 Å². The molecule has 3 heterocycles. The minimum Gasteiger partial charge on any atom is -0.494 e. The summed E-state index contributed by atoms with van der Waals surface area (Å²) in [6, 6.07) is 15.9. The number of para-hydroxylation sites is 1. The van der Waals surface area contributed by atoms with Crippen LogP contribution in [0.1, 0.15) is 48.0 Å². The fourth-order valence-corrected chi connectivity index (χ4v) is 5.62. The molecule has 0 spiro atoms. The molecule has 2 aromatic carbocycles. The van der Waals surface area contributed by atoms with E-state index in [1.165, 1.54) is 5.56 Å². The lowest BCUT2D eigenvalue weighted by atomic mass is 9.95. The Kier molecular flexibility index (Phi) is 8.18. The van der Waals surface area contributed by atoms with Gasteiger partial charge in [-0.3, -0.25) is 9.59 Å². The standard InChI is InChI=1S/C29H38N4O3/c34-28-12-9-23-5-1-2-6-27(23)33(28)25-13-18-32(19-14-25)29(35)24-7-10-26(11-8-24)36-22-4-3-17-31-20-15-30-16-21-31/h1-2,5-8,10-11,25,30H,3-4,9,12-22H2. The number of aryl methyl sites for hydroxylation is 1. The van der Waals surface area contributed by atoms with Crippen molar-refractivity contribution in [2.24, 2.45) is 0 Å². The largest absolute Gasteiger partial charge is 0.494 e. The monoisotopic (exact) mass is 490 g/mol. The van der Waals surface area contributed by atoms with E-state index < -0.39 is 0 Å². The Morgan fingerprint density at radius 2 is 1.67 bits per heavy atom. The molecule has 2 fully saturated rings. The third kappa shape index (κ3) is 5.90. The van der Waals surface area contributed by atoms with E-state index >= 15 is 0 Å². The van der Waals surface area contributed by atoms with Crippen molar-refractivity contribution in [1.82, 2.24) is 15.1 Å². The summed E-state index contributed by atoms with van der Waals surface area (Å²) in [6.07, 6.45) is 5.17.